The van der Waals surface area contributed by atoms with Crippen molar-refractivity contribution in [2.24, 2.45) is 0 Å². The third kappa shape index (κ3) is 4.03. The van der Waals surface area contributed by atoms with Crippen molar-refractivity contribution in [3.05, 3.63) is 112 Å². The first-order valence-corrected chi connectivity index (χ1v) is 11.8. The zero-order chi connectivity index (χ0) is 23.7. The molecular weight excluding hydrogens is 446 g/mol. The fraction of sp³-hybridized carbons (Fsp3) is 0.179. The van der Waals surface area contributed by atoms with Crippen molar-refractivity contribution in [3.8, 4) is 11.4 Å². The number of carbonyl (C=O) groups excluding carboxylic acids is 1. The minimum atomic E-state index is -0.294. The number of hydrogen-bond acceptors (Lipinski definition) is 2. The van der Waals surface area contributed by atoms with Gasteiger partial charge in [-0.05, 0) is 73.0 Å². The van der Waals surface area contributed by atoms with E-state index in [9.17, 15) is 4.79 Å². The number of ether oxygens (including phenoxy) is 1. The van der Waals surface area contributed by atoms with Gasteiger partial charge in [-0.3, -0.25) is 0 Å². The van der Waals surface area contributed by atoms with Crippen LogP contribution in [-0.2, 0) is 6.54 Å². The van der Waals surface area contributed by atoms with Crippen LogP contribution >= 0.6 is 11.6 Å². The van der Waals surface area contributed by atoms with E-state index in [0.717, 1.165) is 33.8 Å². The van der Waals surface area contributed by atoms with Crippen molar-refractivity contribution in [2.75, 3.05) is 11.9 Å². The highest BCUT2D eigenvalue weighted by molar-refractivity contribution is 6.31. The molecule has 1 aromatic heterocycles. The minimum Gasteiger partial charge on any atom is -0.494 e. The molecule has 0 saturated carbocycles. The lowest BCUT2D eigenvalue weighted by molar-refractivity contribution is 0.194. The summed E-state index contributed by atoms with van der Waals surface area (Å²) < 4.78 is 7.82. The Balaban J connectivity index is 1.61. The number of urea groups is 1. The number of carbonyl (C=O) groups is 1. The number of hydrogen-bond donors (Lipinski definition) is 1. The number of rotatable bonds is 4. The molecule has 1 N–H and O–H groups in total. The summed E-state index contributed by atoms with van der Waals surface area (Å²) in [7, 11) is 0. The molecule has 0 fully saturated rings. The van der Waals surface area contributed by atoms with Gasteiger partial charge >= 0.3 is 6.03 Å². The maximum absolute atomic E-state index is 13.8. The van der Waals surface area contributed by atoms with Crippen LogP contribution in [0.15, 0.2) is 85.1 Å². The predicted octanol–water partition coefficient (Wildman–Crippen LogP) is 6.97. The van der Waals surface area contributed by atoms with Gasteiger partial charge < -0.3 is 19.5 Å². The van der Waals surface area contributed by atoms with E-state index < -0.39 is 0 Å². The molecule has 5 rings (SSSR count). The van der Waals surface area contributed by atoms with Crippen molar-refractivity contribution in [2.45, 2.75) is 26.4 Å². The Hall–Kier alpha value is -3.70. The Morgan fingerprint density at radius 2 is 1.82 bits per heavy atom. The third-order valence-corrected chi connectivity index (χ3v) is 6.65. The van der Waals surface area contributed by atoms with Gasteiger partial charge in [-0.2, -0.15) is 0 Å². The number of amides is 2. The first-order valence-electron chi connectivity index (χ1n) is 11.4. The van der Waals surface area contributed by atoms with Gasteiger partial charge in [0.2, 0.25) is 0 Å². The van der Waals surface area contributed by atoms with Gasteiger partial charge in [0.05, 0.1) is 24.9 Å². The van der Waals surface area contributed by atoms with Crippen LogP contribution in [-0.4, -0.2) is 22.1 Å². The quantitative estimate of drug-likeness (QED) is 0.349. The smallest absolute Gasteiger partial charge is 0.322 e. The Kier molecular flexibility index (Phi) is 6.03. The number of anilines is 1. The lowest BCUT2D eigenvalue weighted by atomic mass is 10.0. The molecule has 0 radical (unpaired) electrons. The van der Waals surface area contributed by atoms with E-state index in [1.165, 1.54) is 0 Å². The molecule has 5 nitrogen and oxygen atoms in total. The molecule has 3 aromatic carbocycles. The molecule has 34 heavy (non-hydrogen) atoms. The van der Waals surface area contributed by atoms with Gasteiger partial charge in [-0.1, -0.05) is 48.0 Å². The molecule has 4 aromatic rings. The summed E-state index contributed by atoms with van der Waals surface area (Å²) in [6.45, 7) is 4.94. The number of para-hydroxylation sites is 1. The standard InChI is InChI=1S/C28H26ClN3O2/c1-3-34-22-15-13-20(14-16-22)27-26-12-7-17-31(26)25-11-5-4-8-21(25)18-32(27)28(33)30-24-10-6-9-23(29)19(24)2/h4-17,27H,3,18H2,1-2H3,(H,30,33). The lowest BCUT2D eigenvalue weighted by Crippen LogP contribution is -2.38. The maximum Gasteiger partial charge on any atom is 0.322 e. The molecule has 0 saturated heterocycles. The fourth-order valence-electron chi connectivity index (χ4n) is 4.53. The Bertz CT molecular complexity index is 1330. The van der Waals surface area contributed by atoms with Crippen LogP contribution in [0.5, 0.6) is 5.75 Å². The highest BCUT2D eigenvalue weighted by Gasteiger charge is 2.33. The monoisotopic (exact) mass is 471 g/mol. The van der Waals surface area contributed by atoms with Crippen molar-refractivity contribution >= 4 is 23.3 Å². The summed E-state index contributed by atoms with van der Waals surface area (Å²) in [5, 5.41) is 3.72. The van der Waals surface area contributed by atoms with Crippen LogP contribution in [0.2, 0.25) is 5.02 Å². The van der Waals surface area contributed by atoms with Crippen LogP contribution in [0.4, 0.5) is 10.5 Å². The first-order chi connectivity index (χ1) is 16.6. The van der Waals surface area contributed by atoms with Crippen LogP contribution < -0.4 is 10.1 Å². The van der Waals surface area contributed by atoms with E-state index in [2.05, 4.69) is 34.3 Å². The van der Waals surface area contributed by atoms with Crippen LogP contribution in [0.25, 0.3) is 5.69 Å². The average molecular weight is 472 g/mol. The van der Waals surface area contributed by atoms with E-state index >= 15 is 0 Å². The highest BCUT2D eigenvalue weighted by atomic mass is 35.5. The first kappa shape index (κ1) is 22.1. The van der Waals surface area contributed by atoms with Gasteiger partial charge in [0.1, 0.15) is 5.75 Å². The number of nitrogens with one attached hydrogen (secondary N) is 1. The number of benzene rings is 3. The predicted molar refractivity (Wildman–Crippen MR) is 136 cm³/mol. The Morgan fingerprint density at radius 1 is 1.03 bits per heavy atom. The average Bonchev–Trinajstić information content (AvgIpc) is 3.27. The summed E-state index contributed by atoms with van der Waals surface area (Å²) >= 11 is 6.31. The van der Waals surface area contributed by atoms with Crippen molar-refractivity contribution in [3.63, 3.8) is 0 Å². The van der Waals surface area contributed by atoms with E-state index in [4.69, 9.17) is 16.3 Å². The summed E-state index contributed by atoms with van der Waals surface area (Å²) in [6, 6.07) is 25.4. The van der Waals surface area contributed by atoms with Crippen molar-refractivity contribution < 1.29 is 9.53 Å². The molecule has 6 heteroatoms. The molecule has 172 valence electrons. The molecule has 1 aliphatic heterocycles. The van der Waals surface area contributed by atoms with Gasteiger partial charge in [0.25, 0.3) is 0 Å². The lowest BCUT2D eigenvalue weighted by Gasteiger charge is -2.31. The highest BCUT2D eigenvalue weighted by Crippen LogP contribution is 2.37. The van der Waals surface area contributed by atoms with Gasteiger partial charge in [0.15, 0.2) is 0 Å². The van der Waals surface area contributed by atoms with Crippen LogP contribution in [0.3, 0.4) is 0 Å². The zero-order valence-electron chi connectivity index (χ0n) is 19.2. The fourth-order valence-corrected chi connectivity index (χ4v) is 4.71. The van der Waals surface area contributed by atoms with Gasteiger partial charge in [-0.25, -0.2) is 4.79 Å². The molecule has 0 bridgehead atoms. The second-order valence-corrected chi connectivity index (χ2v) is 8.71. The molecule has 1 atom stereocenters. The molecule has 0 spiro atoms. The summed E-state index contributed by atoms with van der Waals surface area (Å²) in [6.07, 6.45) is 2.05. The minimum absolute atomic E-state index is 0.186. The largest absolute Gasteiger partial charge is 0.494 e. The second kappa shape index (κ2) is 9.27. The molecule has 2 amide bonds. The SMILES string of the molecule is CCOc1ccc(C2c3cccn3-c3ccccc3CN2C(=O)Nc2cccc(Cl)c2C)cc1. The number of aromatic nitrogens is 1. The summed E-state index contributed by atoms with van der Waals surface area (Å²) in [5.41, 5.74) is 5.73. The number of nitrogens with zero attached hydrogens (tertiary/aromatic N) is 2. The zero-order valence-corrected chi connectivity index (χ0v) is 19.9. The van der Waals surface area contributed by atoms with Crippen molar-refractivity contribution in [1.29, 1.82) is 0 Å². The maximum atomic E-state index is 13.8. The van der Waals surface area contributed by atoms with E-state index in [-0.39, 0.29) is 12.1 Å². The summed E-state index contributed by atoms with van der Waals surface area (Å²) in [4.78, 5) is 15.7. The molecule has 0 aliphatic carbocycles. The van der Waals surface area contributed by atoms with Crippen molar-refractivity contribution in [1.82, 2.24) is 9.47 Å². The van der Waals surface area contributed by atoms with Crippen LogP contribution in [0, 0.1) is 6.92 Å². The van der Waals surface area contributed by atoms with Crippen LogP contribution in [0.1, 0.15) is 35.3 Å². The number of fused-ring (bicyclic) bond motifs is 3. The third-order valence-electron chi connectivity index (χ3n) is 6.24. The normalized spacial score (nSPS) is 14.7. The topological polar surface area (TPSA) is 46.5 Å². The number of halogens is 1. The van der Waals surface area contributed by atoms with Gasteiger partial charge in [0, 0.05) is 22.6 Å². The molecule has 1 unspecified atom stereocenters. The molecular formula is C28H26ClN3O2. The van der Waals surface area contributed by atoms with E-state index in [1.54, 1.807) is 0 Å². The Morgan fingerprint density at radius 3 is 2.62 bits per heavy atom. The van der Waals surface area contributed by atoms with E-state index in [1.807, 2.05) is 79.4 Å². The Labute approximate surface area is 204 Å². The molecule has 1 aliphatic rings. The summed E-state index contributed by atoms with van der Waals surface area (Å²) in [5.74, 6) is 0.809. The van der Waals surface area contributed by atoms with E-state index in [0.29, 0.717) is 23.9 Å². The van der Waals surface area contributed by atoms with Gasteiger partial charge in [-0.15, -0.1) is 0 Å². The molecule has 2 heterocycles. The second-order valence-electron chi connectivity index (χ2n) is 8.31.